The number of H-pyrrole nitrogens is 1. The normalized spacial score (nSPS) is 22.9. The third kappa shape index (κ3) is 10.0. The van der Waals surface area contributed by atoms with Gasteiger partial charge < -0.3 is 40.2 Å². The summed E-state index contributed by atoms with van der Waals surface area (Å²) in [4.78, 5) is 44.1. The molecule has 4 fully saturated rings. The first-order valence-electron chi connectivity index (χ1n) is 24.5. The summed E-state index contributed by atoms with van der Waals surface area (Å²) in [5, 5.41) is 29.2. The first kappa shape index (κ1) is 47.1. The van der Waals surface area contributed by atoms with Crippen molar-refractivity contribution in [1.29, 1.82) is 0 Å². The highest BCUT2D eigenvalue weighted by Gasteiger charge is 2.46. The van der Waals surface area contributed by atoms with Crippen LogP contribution < -0.4 is 21.3 Å². The van der Waals surface area contributed by atoms with Crippen molar-refractivity contribution in [3.8, 4) is 11.3 Å². The fourth-order valence-electron chi connectivity index (χ4n) is 9.50. The Balaban J connectivity index is 0.805. The van der Waals surface area contributed by atoms with E-state index in [0.29, 0.717) is 84.7 Å². The first-order valence-corrected chi connectivity index (χ1v) is 24.5. The largest absolute Gasteiger partial charge is 0.443 e. The number of methoxy groups -OCH3 is 1. The lowest BCUT2D eigenvalue weighted by atomic mass is 10.0. The van der Waals surface area contributed by atoms with Gasteiger partial charge in [-0.3, -0.25) is 23.3 Å². The number of hydrogen-bond acceptors (Lipinski definition) is 15. The summed E-state index contributed by atoms with van der Waals surface area (Å²) < 4.78 is 61.6. The van der Waals surface area contributed by atoms with Crippen LogP contribution in [0.1, 0.15) is 107 Å². The van der Waals surface area contributed by atoms with Crippen molar-refractivity contribution in [1.82, 2.24) is 69.1 Å². The SMILES string of the molecule is COCc1cn2c(Nc3cc([C@@H]4OC[C@H](OC(=O)NC5(C)CC5)[C@@H]4F)n(CC(C)Cn4cc(-c5cc6nccn6c(Nc6cc([C@H]7CC[C@@H](OC(=O)NC(C)C)[C@@H]7F)[nH]n6)n5)cn4)n3)nc(C3CC3)cc2n1. The molecule has 3 aliphatic carbocycles. The highest BCUT2D eigenvalue weighted by Crippen LogP contribution is 2.42. The molecule has 72 heavy (non-hydrogen) atoms. The van der Waals surface area contributed by atoms with Gasteiger partial charge in [0.05, 0.1) is 42.2 Å². The van der Waals surface area contributed by atoms with Gasteiger partial charge in [0.15, 0.2) is 23.9 Å². The summed E-state index contributed by atoms with van der Waals surface area (Å²) in [6.07, 6.45) is 6.18. The van der Waals surface area contributed by atoms with Crippen molar-refractivity contribution in [2.24, 2.45) is 5.92 Å². The average molecular weight is 993 g/mol. The molecule has 8 heterocycles. The molecule has 7 aromatic rings. The lowest BCUT2D eigenvalue weighted by Gasteiger charge is -2.19. The fraction of sp³-hybridized carbons (Fsp3) is 0.521. The summed E-state index contributed by atoms with van der Waals surface area (Å²) in [5.74, 6) is 1.51. The summed E-state index contributed by atoms with van der Waals surface area (Å²) in [7, 11) is 1.62. The van der Waals surface area contributed by atoms with Crippen LogP contribution in [0, 0.1) is 5.92 Å². The van der Waals surface area contributed by atoms with Crippen LogP contribution in [0.3, 0.4) is 0 Å². The second-order valence-corrected chi connectivity index (χ2v) is 20.1. The molecule has 0 aromatic carbocycles. The van der Waals surface area contributed by atoms with Crippen molar-refractivity contribution in [3.63, 3.8) is 0 Å². The van der Waals surface area contributed by atoms with Gasteiger partial charge in [0.1, 0.15) is 29.7 Å². The minimum Gasteiger partial charge on any atom is -0.443 e. The van der Waals surface area contributed by atoms with Crippen molar-refractivity contribution in [3.05, 3.63) is 78.0 Å². The van der Waals surface area contributed by atoms with Gasteiger partial charge in [-0.25, -0.2) is 38.3 Å². The molecule has 0 bridgehead atoms. The highest BCUT2D eigenvalue weighted by atomic mass is 19.1. The zero-order valence-electron chi connectivity index (χ0n) is 40.6. The van der Waals surface area contributed by atoms with Crippen LogP contribution in [-0.2, 0) is 38.6 Å². The van der Waals surface area contributed by atoms with E-state index in [2.05, 4.69) is 36.4 Å². The number of alkyl halides is 2. The summed E-state index contributed by atoms with van der Waals surface area (Å²) in [6.45, 7) is 8.62. The molecule has 1 unspecified atom stereocenters. The number of hydrogen-bond donors (Lipinski definition) is 5. The van der Waals surface area contributed by atoms with E-state index < -0.39 is 48.8 Å². The number of aromatic nitrogens is 12. The van der Waals surface area contributed by atoms with E-state index in [0.717, 1.165) is 48.3 Å². The lowest BCUT2D eigenvalue weighted by molar-refractivity contribution is 0.0555. The predicted octanol–water partition coefficient (Wildman–Crippen LogP) is 7.18. The van der Waals surface area contributed by atoms with E-state index in [-0.39, 0.29) is 24.1 Å². The summed E-state index contributed by atoms with van der Waals surface area (Å²) in [6, 6.07) is 7.22. The molecule has 11 rings (SSSR count). The molecule has 7 aromatic heterocycles. The van der Waals surface area contributed by atoms with Crippen LogP contribution >= 0.6 is 0 Å². The molecule has 24 heteroatoms. The summed E-state index contributed by atoms with van der Waals surface area (Å²) in [5.41, 5.74) is 5.07. The van der Waals surface area contributed by atoms with Gasteiger partial charge in [-0.2, -0.15) is 15.3 Å². The van der Waals surface area contributed by atoms with E-state index in [1.54, 1.807) is 46.9 Å². The highest BCUT2D eigenvalue weighted by molar-refractivity contribution is 5.69. The second-order valence-electron chi connectivity index (χ2n) is 20.1. The third-order valence-corrected chi connectivity index (χ3v) is 13.6. The van der Waals surface area contributed by atoms with Crippen molar-refractivity contribution >= 4 is 47.0 Å². The fourth-order valence-corrected chi connectivity index (χ4v) is 9.50. The molecule has 4 aliphatic rings. The molecule has 1 saturated heterocycles. The van der Waals surface area contributed by atoms with Crippen LogP contribution in [0.25, 0.3) is 22.6 Å². The zero-order chi connectivity index (χ0) is 49.8. The van der Waals surface area contributed by atoms with Crippen molar-refractivity contribution < 1.29 is 37.3 Å². The molecule has 3 saturated carbocycles. The molecule has 2 amide bonds. The monoisotopic (exact) mass is 992 g/mol. The Bertz CT molecular complexity index is 3100. The van der Waals surface area contributed by atoms with Gasteiger partial charge in [0, 0.05) is 104 Å². The predicted molar refractivity (Wildman–Crippen MR) is 256 cm³/mol. The number of aromatic amines is 1. The second kappa shape index (κ2) is 19.1. The number of ether oxygens (including phenoxy) is 4. The number of halogens is 2. The first-order chi connectivity index (χ1) is 34.7. The molecule has 5 N–H and O–H groups in total. The smallest absolute Gasteiger partial charge is 0.408 e. The Morgan fingerprint density at radius 2 is 1.71 bits per heavy atom. The van der Waals surface area contributed by atoms with Crippen LogP contribution in [0.5, 0.6) is 0 Å². The van der Waals surface area contributed by atoms with E-state index in [1.807, 2.05) is 61.3 Å². The molecular weight excluding hydrogens is 935 g/mol. The van der Waals surface area contributed by atoms with E-state index in [1.165, 1.54) is 0 Å². The number of nitrogens with zero attached hydrogens (tertiary/aromatic N) is 11. The third-order valence-electron chi connectivity index (χ3n) is 13.6. The Kier molecular flexibility index (Phi) is 12.5. The van der Waals surface area contributed by atoms with Crippen LogP contribution in [-0.4, -0.2) is 121 Å². The number of anilines is 4. The quantitative estimate of drug-likeness (QED) is 0.0572. The number of nitrogens with one attached hydrogen (secondary N) is 5. The number of alkyl carbamates (subject to hydrolysis) is 2. The van der Waals surface area contributed by atoms with Gasteiger partial charge in [0.2, 0.25) is 11.9 Å². The maximum absolute atomic E-state index is 16.4. The van der Waals surface area contributed by atoms with Crippen molar-refractivity contribution in [2.45, 2.75) is 140 Å². The molecule has 1 aliphatic heterocycles. The minimum atomic E-state index is -1.66. The van der Waals surface area contributed by atoms with Gasteiger partial charge in [-0.1, -0.05) is 6.92 Å². The maximum atomic E-state index is 16.4. The maximum Gasteiger partial charge on any atom is 0.408 e. The average Bonchev–Trinajstić information content (AvgIpc) is 3.72. The van der Waals surface area contributed by atoms with Crippen LogP contribution in [0.2, 0.25) is 0 Å². The van der Waals surface area contributed by atoms with Gasteiger partial charge in [-0.05, 0) is 65.2 Å². The van der Waals surface area contributed by atoms with Gasteiger partial charge in [-0.15, -0.1) is 0 Å². The Labute approximate surface area is 412 Å². The van der Waals surface area contributed by atoms with Crippen LogP contribution in [0.4, 0.5) is 41.9 Å². The summed E-state index contributed by atoms with van der Waals surface area (Å²) >= 11 is 0. The molecule has 380 valence electrons. The molecular formula is C48H58F2N16O6. The van der Waals surface area contributed by atoms with Gasteiger partial charge >= 0.3 is 12.2 Å². The standard InChI is InChI=1S/C48H58F2N16O6/c1-25(2)53-46(67)71-35-9-8-30(41(35)49)33-14-37(61-60-33)57-44-56-32(15-39-51-12-13-64(39)44)28-18-52-63(21-28)19-26(3)20-66-34(43-42(50)36(24-70-43)72-47(68)59-48(4)10-11-48)17-38(62-66)58-45-55-31(27-6-7-27)16-40-54-29(23-69-5)22-65(40)45/h12-18,21-22,25-27,30,35-36,41-43H,6-11,19-20,23-24H2,1-5H3,(H,53,67)(H,59,68)(H,55,58,62)(H2,56,57,60,61)/t26?,30-,35-,36+,41-,42+,43+/m1/s1. The van der Waals surface area contributed by atoms with Crippen molar-refractivity contribution in [2.75, 3.05) is 24.4 Å². The molecule has 0 spiro atoms. The van der Waals surface area contributed by atoms with E-state index in [9.17, 15) is 9.59 Å². The number of carbonyl (C=O) groups excluding carboxylic acids is 2. The number of imidazole rings is 2. The number of carbonyl (C=O) groups is 2. The molecule has 0 radical (unpaired) electrons. The number of rotatable bonds is 18. The minimum absolute atomic E-state index is 0.0919. The van der Waals surface area contributed by atoms with E-state index >= 15 is 8.78 Å². The zero-order valence-corrected chi connectivity index (χ0v) is 40.6. The van der Waals surface area contributed by atoms with E-state index in [4.69, 9.17) is 44.1 Å². The number of fused-ring (bicyclic) bond motifs is 2. The lowest BCUT2D eigenvalue weighted by Crippen LogP contribution is -2.39. The number of amides is 2. The van der Waals surface area contributed by atoms with Crippen LogP contribution in [0.15, 0.2) is 55.2 Å². The Hall–Kier alpha value is -7.21. The Morgan fingerprint density at radius 1 is 0.903 bits per heavy atom. The van der Waals surface area contributed by atoms with Gasteiger partial charge in [0.25, 0.3) is 0 Å². The molecule has 22 nitrogen and oxygen atoms in total. The molecule has 7 atom stereocenters. The topological polar surface area (TPSA) is 244 Å². The Morgan fingerprint density at radius 3 is 2.50 bits per heavy atom.